The average molecular weight is 301 g/mol. The van der Waals surface area contributed by atoms with Crippen molar-refractivity contribution >= 4 is 15.9 Å². The lowest BCUT2D eigenvalue weighted by Gasteiger charge is -2.15. The van der Waals surface area contributed by atoms with E-state index in [0.29, 0.717) is 19.1 Å². The van der Waals surface area contributed by atoms with Gasteiger partial charge in [-0.05, 0) is 19.4 Å². The lowest BCUT2D eigenvalue weighted by atomic mass is 10.0. The number of ether oxygens (including phenoxy) is 2. The fourth-order valence-corrected chi connectivity index (χ4v) is 2.08. The first-order valence-corrected chi connectivity index (χ1v) is 7.16. The van der Waals surface area contributed by atoms with Gasteiger partial charge in [-0.15, -0.1) is 0 Å². The van der Waals surface area contributed by atoms with Crippen molar-refractivity contribution in [2.45, 2.75) is 25.9 Å². The van der Waals surface area contributed by atoms with Crippen LogP contribution in [0.4, 0.5) is 0 Å². The van der Waals surface area contributed by atoms with Crippen molar-refractivity contribution < 1.29 is 9.47 Å². The van der Waals surface area contributed by atoms with Crippen molar-refractivity contribution in [2.24, 2.45) is 0 Å². The molecule has 0 aliphatic heterocycles. The number of alkyl halides is 1. The van der Waals surface area contributed by atoms with Gasteiger partial charge in [0.15, 0.2) is 0 Å². The predicted molar refractivity (Wildman–Crippen MR) is 74.9 cm³/mol. The number of hydrogen-bond donors (Lipinski definition) is 0. The number of benzene rings is 1. The molecule has 0 radical (unpaired) electrons. The molecule has 0 aliphatic carbocycles. The molecule has 0 saturated heterocycles. The van der Waals surface area contributed by atoms with E-state index in [-0.39, 0.29) is 6.10 Å². The molecule has 0 aliphatic rings. The van der Waals surface area contributed by atoms with E-state index in [1.54, 1.807) is 0 Å². The molecule has 2 nitrogen and oxygen atoms in total. The smallest absolute Gasteiger partial charge is 0.0703 e. The van der Waals surface area contributed by atoms with Crippen LogP contribution in [0.2, 0.25) is 0 Å². The molecule has 3 heteroatoms. The number of halogens is 1. The Balaban J connectivity index is 2.24. The lowest BCUT2D eigenvalue weighted by Crippen LogP contribution is -2.14. The molecule has 0 bridgehead atoms. The molecular formula is C14H21BrO2. The summed E-state index contributed by atoms with van der Waals surface area (Å²) in [7, 11) is 0. The summed E-state index contributed by atoms with van der Waals surface area (Å²) in [5, 5.41) is 0.919. The van der Waals surface area contributed by atoms with Crippen LogP contribution < -0.4 is 0 Å². The van der Waals surface area contributed by atoms with Crippen molar-refractivity contribution in [1.29, 1.82) is 0 Å². The van der Waals surface area contributed by atoms with Crippen LogP contribution in [-0.2, 0) is 9.47 Å². The highest BCUT2D eigenvalue weighted by molar-refractivity contribution is 9.09. The molecule has 1 rings (SSSR count). The van der Waals surface area contributed by atoms with E-state index in [4.69, 9.17) is 9.47 Å². The standard InChI is InChI=1S/C14H21BrO2/c1-12(2)17-9-8-16-11-14(10-15)13-6-4-3-5-7-13/h3-7,12,14H,8-11H2,1-2H3. The van der Waals surface area contributed by atoms with Crippen molar-refractivity contribution in [3.63, 3.8) is 0 Å². The van der Waals surface area contributed by atoms with Crippen LogP contribution in [0.1, 0.15) is 25.3 Å². The van der Waals surface area contributed by atoms with Crippen LogP contribution in [0.15, 0.2) is 30.3 Å². The molecule has 96 valence electrons. The third-order valence-corrected chi connectivity index (χ3v) is 3.24. The largest absolute Gasteiger partial charge is 0.378 e. The molecule has 1 atom stereocenters. The Morgan fingerprint density at radius 3 is 2.41 bits per heavy atom. The minimum Gasteiger partial charge on any atom is -0.378 e. The first-order chi connectivity index (χ1) is 8.24. The van der Waals surface area contributed by atoms with Gasteiger partial charge in [0.05, 0.1) is 25.9 Å². The van der Waals surface area contributed by atoms with Gasteiger partial charge in [-0.25, -0.2) is 0 Å². The van der Waals surface area contributed by atoms with E-state index in [0.717, 1.165) is 11.9 Å². The summed E-state index contributed by atoms with van der Waals surface area (Å²) >= 11 is 3.53. The van der Waals surface area contributed by atoms with Crippen molar-refractivity contribution in [1.82, 2.24) is 0 Å². The van der Waals surface area contributed by atoms with Gasteiger partial charge in [-0.1, -0.05) is 46.3 Å². The van der Waals surface area contributed by atoms with Gasteiger partial charge in [0.2, 0.25) is 0 Å². The SMILES string of the molecule is CC(C)OCCOCC(CBr)c1ccccc1. The highest BCUT2D eigenvalue weighted by Gasteiger charge is 2.09. The number of hydrogen-bond acceptors (Lipinski definition) is 2. The predicted octanol–water partition coefficient (Wildman–Crippen LogP) is 3.61. The first kappa shape index (κ1) is 14.7. The lowest BCUT2D eigenvalue weighted by molar-refractivity contribution is 0.0170. The van der Waals surface area contributed by atoms with Gasteiger partial charge >= 0.3 is 0 Å². The molecule has 1 unspecified atom stereocenters. The van der Waals surface area contributed by atoms with Crippen LogP contribution in [0.25, 0.3) is 0 Å². The summed E-state index contributed by atoms with van der Waals surface area (Å²) in [6.45, 7) is 6.13. The second kappa shape index (κ2) is 8.67. The Morgan fingerprint density at radius 2 is 1.82 bits per heavy atom. The molecule has 0 N–H and O–H groups in total. The highest BCUT2D eigenvalue weighted by Crippen LogP contribution is 2.18. The first-order valence-electron chi connectivity index (χ1n) is 6.04. The van der Waals surface area contributed by atoms with E-state index >= 15 is 0 Å². The van der Waals surface area contributed by atoms with Crippen molar-refractivity contribution in [3.05, 3.63) is 35.9 Å². The Hall–Kier alpha value is -0.380. The van der Waals surface area contributed by atoms with Crippen LogP contribution >= 0.6 is 15.9 Å². The minimum absolute atomic E-state index is 0.277. The molecule has 0 saturated carbocycles. The van der Waals surface area contributed by atoms with E-state index in [2.05, 4.69) is 40.2 Å². The summed E-state index contributed by atoms with van der Waals surface area (Å²) in [6.07, 6.45) is 0.277. The maximum absolute atomic E-state index is 5.64. The molecule has 0 amide bonds. The molecule has 0 heterocycles. The summed E-state index contributed by atoms with van der Waals surface area (Å²) in [5.74, 6) is 0.412. The minimum atomic E-state index is 0.277. The van der Waals surface area contributed by atoms with Crippen LogP contribution in [0.5, 0.6) is 0 Å². The van der Waals surface area contributed by atoms with Gasteiger partial charge < -0.3 is 9.47 Å². The molecule has 17 heavy (non-hydrogen) atoms. The zero-order valence-corrected chi connectivity index (χ0v) is 12.2. The second-order valence-corrected chi connectivity index (χ2v) is 4.90. The Kier molecular flexibility index (Phi) is 7.49. The van der Waals surface area contributed by atoms with E-state index in [9.17, 15) is 0 Å². The van der Waals surface area contributed by atoms with Crippen molar-refractivity contribution in [3.8, 4) is 0 Å². The van der Waals surface area contributed by atoms with Crippen molar-refractivity contribution in [2.75, 3.05) is 25.2 Å². The third-order valence-electron chi connectivity index (χ3n) is 2.46. The highest BCUT2D eigenvalue weighted by atomic mass is 79.9. The average Bonchev–Trinajstić information content (AvgIpc) is 2.34. The third kappa shape index (κ3) is 6.20. The fourth-order valence-electron chi connectivity index (χ4n) is 1.52. The van der Waals surface area contributed by atoms with Gasteiger partial charge in [0.1, 0.15) is 0 Å². The molecule has 1 aromatic carbocycles. The Labute approximate surface area is 112 Å². The second-order valence-electron chi connectivity index (χ2n) is 4.26. The van der Waals surface area contributed by atoms with Crippen LogP contribution in [-0.4, -0.2) is 31.3 Å². The number of rotatable bonds is 8. The summed E-state index contributed by atoms with van der Waals surface area (Å²) in [4.78, 5) is 0. The van der Waals surface area contributed by atoms with Gasteiger partial charge in [-0.2, -0.15) is 0 Å². The topological polar surface area (TPSA) is 18.5 Å². The zero-order valence-electron chi connectivity index (χ0n) is 10.6. The molecule has 0 fully saturated rings. The molecule has 0 aromatic heterocycles. The van der Waals surface area contributed by atoms with E-state index in [1.807, 2.05) is 19.9 Å². The fraction of sp³-hybridized carbons (Fsp3) is 0.571. The van der Waals surface area contributed by atoms with Gasteiger partial charge in [-0.3, -0.25) is 0 Å². The monoisotopic (exact) mass is 300 g/mol. The van der Waals surface area contributed by atoms with E-state index in [1.165, 1.54) is 5.56 Å². The molecule has 1 aromatic rings. The summed E-state index contributed by atoms with van der Waals surface area (Å²) in [5.41, 5.74) is 1.31. The quantitative estimate of drug-likeness (QED) is 0.539. The zero-order chi connectivity index (χ0) is 12.5. The van der Waals surface area contributed by atoms with Crippen LogP contribution in [0, 0.1) is 0 Å². The van der Waals surface area contributed by atoms with Gasteiger partial charge in [0.25, 0.3) is 0 Å². The van der Waals surface area contributed by atoms with E-state index < -0.39 is 0 Å². The summed E-state index contributed by atoms with van der Waals surface area (Å²) < 4.78 is 11.1. The molecule has 0 spiro atoms. The Morgan fingerprint density at radius 1 is 1.12 bits per heavy atom. The maximum atomic E-state index is 5.64. The summed E-state index contributed by atoms with van der Waals surface area (Å²) in [6, 6.07) is 10.4. The maximum Gasteiger partial charge on any atom is 0.0703 e. The normalized spacial score (nSPS) is 12.9. The van der Waals surface area contributed by atoms with Crippen LogP contribution in [0.3, 0.4) is 0 Å². The molecular weight excluding hydrogens is 280 g/mol. The van der Waals surface area contributed by atoms with Gasteiger partial charge in [0, 0.05) is 11.2 Å². The Bertz CT molecular complexity index is 288.